The van der Waals surface area contributed by atoms with Crippen molar-refractivity contribution in [1.29, 1.82) is 5.26 Å². The molecule has 3 aliphatic carbocycles. The van der Waals surface area contributed by atoms with Crippen molar-refractivity contribution in [2.75, 3.05) is 0 Å². The van der Waals surface area contributed by atoms with Crippen LogP contribution in [-0.2, 0) is 12.8 Å². The molecule has 25 heavy (non-hydrogen) atoms. The van der Waals surface area contributed by atoms with E-state index in [1.807, 2.05) is 6.20 Å². The van der Waals surface area contributed by atoms with Gasteiger partial charge in [-0.2, -0.15) is 5.26 Å². The van der Waals surface area contributed by atoms with Crippen molar-refractivity contribution in [1.82, 2.24) is 9.55 Å². The quantitative estimate of drug-likeness (QED) is 0.795. The first-order chi connectivity index (χ1) is 12.3. The van der Waals surface area contributed by atoms with E-state index in [4.69, 9.17) is 0 Å². The maximum Gasteiger partial charge on any atom is 0.0643 e. The zero-order valence-electron chi connectivity index (χ0n) is 14.8. The molecular formula is C22H23N3. The summed E-state index contributed by atoms with van der Waals surface area (Å²) in [6.07, 6.45) is 14.4. The van der Waals surface area contributed by atoms with Gasteiger partial charge in [-0.25, -0.2) is 0 Å². The van der Waals surface area contributed by atoms with E-state index in [9.17, 15) is 5.26 Å². The number of aromatic nitrogens is 2. The highest BCUT2D eigenvalue weighted by molar-refractivity contribution is 5.92. The molecule has 0 N–H and O–H groups in total. The van der Waals surface area contributed by atoms with E-state index < -0.39 is 0 Å². The zero-order valence-corrected chi connectivity index (χ0v) is 14.8. The van der Waals surface area contributed by atoms with Gasteiger partial charge in [0.15, 0.2) is 0 Å². The minimum absolute atomic E-state index is 0.335. The second kappa shape index (κ2) is 5.59. The largest absolute Gasteiger partial charge is 0.346 e. The summed E-state index contributed by atoms with van der Waals surface area (Å²) < 4.78 is 2.45. The number of fused-ring (bicyclic) bond motifs is 2. The fourth-order valence-electron chi connectivity index (χ4n) is 5.29. The molecule has 3 nitrogen and oxygen atoms in total. The predicted molar refractivity (Wildman–Crippen MR) is 99.0 cm³/mol. The lowest BCUT2D eigenvalue weighted by Crippen LogP contribution is -2.20. The minimum atomic E-state index is 0.335. The first kappa shape index (κ1) is 15.0. The number of nitrogens with zero attached hydrogens (tertiary/aromatic N) is 3. The normalized spacial score (nSPS) is 19.3. The molecule has 0 aliphatic heterocycles. The van der Waals surface area contributed by atoms with E-state index in [0.29, 0.717) is 18.4 Å². The van der Waals surface area contributed by atoms with Crippen LogP contribution in [0.5, 0.6) is 0 Å². The summed E-state index contributed by atoms with van der Waals surface area (Å²) >= 11 is 0. The monoisotopic (exact) mass is 329 g/mol. The Balaban J connectivity index is 1.66. The first-order valence-corrected chi connectivity index (χ1v) is 9.53. The number of nitriles is 1. The van der Waals surface area contributed by atoms with Gasteiger partial charge >= 0.3 is 0 Å². The van der Waals surface area contributed by atoms with Crippen molar-refractivity contribution in [3.8, 4) is 17.2 Å². The van der Waals surface area contributed by atoms with Crippen LogP contribution in [0.4, 0.5) is 0 Å². The molecule has 5 rings (SSSR count). The van der Waals surface area contributed by atoms with Crippen LogP contribution >= 0.6 is 0 Å². The molecule has 2 aromatic heterocycles. The van der Waals surface area contributed by atoms with Crippen LogP contribution in [0.25, 0.3) is 16.7 Å². The van der Waals surface area contributed by atoms with E-state index in [0.717, 1.165) is 12.8 Å². The molecule has 1 unspecified atom stereocenters. The summed E-state index contributed by atoms with van der Waals surface area (Å²) in [6, 6.07) is 5.08. The van der Waals surface area contributed by atoms with Crippen LogP contribution in [-0.4, -0.2) is 9.55 Å². The summed E-state index contributed by atoms with van der Waals surface area (Å²) in [4.78, 5) is 4.66. The number of aryl methyl sites for hydroxylation is 1. The Morgan fingerprint density at radius 2 is 2.16 bits per heavy atom. The molecule has 1 atom stereocenters. The Morgan fingerprint density at radius 3 is 2.96 bits per heavy atom. The van der Waals surface area contributed by atoms with E-state index >= 15 is 0 Å². The van der Waals surface area contributed by atoms with Crippen molar-refractivity contribution in [2.45, 2.75) is 57.9 Å². The van der Waals surface area contributed by atoms with Crippen molar-refractivity contribution in [3.63, 3.8) is 0 Å². The Hall–Kier alpha value is -2.34. The lowest BCUT2D eigenvalue weighted by molar-refractivity contribution is 0.335. The van der Waals surface area contributed by atoms with Crippen molar-refractivity contribution in [2.24, 2.45) is 5.92 Å². The summed E-state index contributed by atoms with van der Waals surface area (Å²) in [5.41, 5.74) is 9.50. The summed E-state index contributed by atoms with van der Waals surface area (Å²) in [6.45, 7) is 2.18. The molecule has 0 spiro atoms. The van der Waals surface area contributed by atoms with Gasteiger partial charge in [0, 0.05) is 48.1 Å². The molecule has 2 heterocycles. The van der Waals surface area contributed by atoms with Crippen molar-refractivity contribution < 1.29 is 0 Å². The molecule has 0 saturated heterocycles. The van der Waals surface area contributed by atoms with Gasteiger partial charge < -0.3 is 4.57 Å². The van der Waals surface area contributed by atoms with Crippen LogP contribution in [0.3, 0.4) is 0 Å². The van der Waals surface area contributed by atoms with Gasteiger partial charge in [0.1, 0.15) is 0 Å². The Bertz CT molecular complexity index is 919. The fourth-order valence-corrected chi connectivity index (χ4v) is 5.29. The Morgan fingerprint density at radius 1 is 1.32 bits per heavy atom. The van der Waals surface area contributed by atoms with Crippen LogP contribution in [0.2, 0.25) is 0 Å². The van der Waals surface area contributed by atoms with Crippen LogP contribution in [0.1, 0.15) is 60.7 Å². The van der Waals surface area contributed by atoms with Crippen LogP contribution < -0.4 is 0 Å². The molecule has 126 valence electrons. The van der Waals surface area contributed by atoms with Gasteiger partial charge in [-0.1, -0.05) is 18.9 Å². The summed E-state index contributed by atoms with van der Waals surface area (Å²) in [5, 5.41) is 9.43. The highest BCUT2D eigenvalue weighted by Crippen LogP contribution is 2.47. The molecule has 2 aromatic rings. The van der Waals surface area contributed by atoms with Gasteiger partial charge in [-0.3, -0.25) is 4.98 Å². The van der Waals surface area contributed by atoms with Crippen LogP contribution in [0, 0.1) is 24.2 Å². The molecule has 0 bridgehead atoms. The van der Waals surface area contributed by atoms with Gasteiger partial charge in [-0.15, -0.1) is 0 Å². The lowest BCUT2D eigenvalue weighted by Gasteiger charge is -2.28. The number of hydrogen-bond acceptors (Lipinski definition) is 2. The number of pyridine rings is 1. The molecule has 3 heteroatoms. The summed E-state index contributed by atoms with van der Waals surface area (Å²) in [7, 11) is 0. The smallest absolute Gasteiger partial charge is 0.0643 e. The fraction of sp³-hybridized carbons (Fsp3) is 0.455. The maximum absolute atomic E-state index is 9.43. The maximum atomic E-state index is 9.43. The first-order valence-electron chi connectivity index (χ1n) is 9.53. The average molecular weight is 329 g/mol. The highest BCUT2D eigenvalue weighted by atomic mass is 15.0. The van der Waals surface area contributed by atoms with E-state index in [1.165, 1.54) is 64.9 Å². The van der Waals surface area contributed by atoms with Gasteiger partial charge in [0.05, 0.1) is 18.2 Å². The molecular weight excluding hydrogens is 306 g/mol. The number of rotatable bonds is 3. The topological polar surface area (TPSA) is 41.6 Å². The third-order valence-corrected chi connectivity index (χ3v) is 6.46. The molecule has 3 aliphatic rings. The summed E-state index contributed by atoms with van der Waals surface area (Å²) in [5.74, 6) is 0.657. The lowest BCUT2D eigenvalue weighted by atomic mass is 9.85. The Labute approximate surface area is 149 Å². The van der Waals surface area contributed by atoms with Crippen molar-refractivity contribution >= 4 is 5.57 Å². The number of hydrogen-bond donors (Lipinski definition) is 0. The second-order valence-electron chi connectivity index (χ2n) is 7.81. The van der Waals surface area contributed by atoms with Crippen molar-refractivity contribution in [3.05, 3.63) is 47.1 Å². The van der Waals surface area contributed by atoms with Gasteiger partial charge in [0.2, 0.25) is 0 Å². The minimum Gasteiger partial charge on any atom is -0.346 e. The molecule has 0 aromatic carbocycles. The molecule has 0 radical (unpaired) electrons. The third kappa shape index (κ3) is 2.13. The Kier molecular flexibility index (Phi) is 3.35. The molecule has 1 fully saturated rings. The number of allylic oxidation sites excluding steroid dienone is 2. The molecule has 0 amide bonds. The second-order valence-corrected chi connectivity index (χ2v) is 7.81. The van der Waals surface area contributed by atoms with E-state index in [-0.39, 0.29) is 0 Å². The van der Waals surface area contributed by atoms with E-state index in [2.05, 4.69) is 40.9 Å². The SMILES string of the molecule is Cc1cnc2c3c1-c1ccn(C(CC#N)C4CCCC4)c1CC3=CC2. The van der Waals surface area contributed by atoms with Crippen LogP contribution in [0.15, 0.2) is 24.5 Å². The third-order valence-electron chi connectivity index (χ3n) is 6.46. The van der Waals surface area contributed by atoms with Gasteiger partial charge in [-0.05, 0) is 48.4 Å². The predicted octanol–water partition coefficient (Wildman–Crippen LogP) is 5.00. The van der Waals surface area contributed by atoms with E-state index in [1.54, 1.807) is 0 Å². The van der Waals surface area contributed by atoms with Gasteiger partial charge in [0.25, 0.3) is 0 Å². The average Bonchev–Trinajstić information content (AvgIpc) is 3.35. The zero-order chi connectivity index (χ0) is 17.0. The standard InChI is InChI=1S/C22H23N3/c1-14-13-24-18-7-6-16-12-20-17(21(14)22(16)18)9-11-25(20)19(8-10-23)15-4-2-3-5-15/h6,9,11,13,15,19H,2-5,7-8,12H2,1H3. The highest BCUT2D eigenvalue weighted by Gasteiger charge is 2.33. The molecule has 1 saturated carbocycles.